The lowest BCUT2D eigenvalue weighted by molar-refractivity contribution is -0.134. The molecule has 1 aliphatic heterocycles. The fraction of sp³-hybridized carbons (Fsp3) is 0.667. The van der Waals surface area contributed by atoms with E-state index in [1.54, 1.807) is 7.05 Å². The number of rotatable bonds is 2. The van der Waals surface area contributed by atoms with Crippen molar-refractivity contribution in [2.24, 2.45) is 0 Å². The SMILES string of the molecule is CCOC1C(=O)NC(=N)N1C. The summed E-state index contributed by atoms with van der Waals surface area (Å²) in [6.45, 7) is 2.28. The van der Waals surface area contributed by atoms with Crippen LogP contribution in [-0.2, 0) is 9.53 Å². The second-order valence-electron chi connectivity index (χ2n) is 2.26. The van der Waals surface area contributed by atoms with Crippen molar-refractivity contribution in [1.29, 1.82) is 5.41 Å². The molecule has 1 aliphatic rings. The maximum atomic E-state index is 11.0. The Hall–Kier alpha value is -1.10. The Labute approximate surface area is 64.8 Å². The predicted octanol–water partition coefficient (Wildman–Crippen LogP) is -0.655. The summed E-state index contributed by atoms with van der Waals surface area (Å²) in [5.74, 6) is -0.173. The first-order valence-electron chi connectivity index (χ1n) is 3.40. The molecule has 1 heterocycles. The zero-order chi connectivity index (χ0) is 8.43. The number of hydrogen-bond donors (Lipinski definition) is 2. The van der Waals surface area contributed by atoms with Crippen molar-refractivity contribution < 1.29 is 9.53 Å². The van der Waals surface area contributed by atoms with Crippen LogP contribution in [0.3, 0.4) is 0 Å². The van der Waals surface area contributed by atoms with Crippen LogP contribution >= 0.6 is 0 Å². The Morgan fingerprint density at radius 2 is 2.45 bits per heavy atom. The molecular formula is C6H11N3O2. The molecule has 0 saturated carbocycles. The van der Waals surface area contributed by atoms with Crippen molar-refractivity contribution >= 4 is 11.9 Å². The molecule has 62 valence electrons. The van der Waals surface area contributed by atoms with Gasteiger partial charge in [-0.2, -0.15) is 0 Å². The zero-order valence-electron chi connectivity index (χ0n) is 6.55. The predicted molar refractivity (Wildman–Crippen MR) is 39.0 cm³/mol. The van der Waals surface area contributed by atoms with Crippen LogP contribution in [0.2, 0.25) is 0 Å². The number of hydrogen-bond acceptors (Lipinski definition) is 3. The van der Waals surface area contributed by atoms with Crippen molar-refractivity contribution in [1.82, 2.24) is 10.2 Å². The van der Waals surface area contributed by atoms with Crippen LogP contribution in [0.4, 0.5) is 0 Å². The third kappa shape index (κ3) is 1.32. The summed E-state index contributed by atoms with van der Waals surface area (Å²) in [6, 6.07) is 0. The number of carbonyl (C=O) groups excluding carboxylic acids is 1. The van der Waals surface area contributed by atoms with Gasteiger partial charge in [0.1, 0.15) is 0 Å². The normalized spacial score (nSPS) is 24.2. The summed E-state index contributed by atoms with van der Waals surface area (Å²) in [5, 5.41) is 9.55. The second-order valence-corrected chi connectivity index (χ2v) is 2.26. The first kappa shape index (κ1) is 8.00. The summed E-state index contributed by atoms with van der Waals surface area (Å²) in [6.07, 6.45) is -0.618. The molecule has 1 rings (SSSR count). The molecule has 1 amide bonds. The molecule has 5 heteroatoms. The summed E-state index contributed by atoms with van der Waals surface area (Å²) in [5.41, 5.74) is 0. The van der Waals surface area contributed by atoms with Crippen molar-refractivity contribution in [2.75, 3.05) is 13.7 Å². The van der Waals surface area contributed by atoms with Crippen molar-refractivity contribution in [3.63, 3.8) is 0 Å². The second kappa shape index (κ2) is 2.87. The van der Waals surface area contributed by atoms with Crippen LogP contribution in [0.5, 0.6) is 0 Å². The third-order valence-corrected chi connectivity index (χ3v) is 1.49. The van der Waals surface area contributed by atoms with Crippen LogP contribution in [0, 0.1) is 5.41 Å². The quantitative estimate of drug-likeness (QED) is 0.559. The van der Waals surface area contributed by atoms with E-state index in [-0.39, 0.29) is 11.9 Å². The van der Waals surface area contributed by atoms with Gasteiger partial charge in [-0.3, -0.25) is 15.5 Å². The molecule has 2 N–H and O–H groups in total. The standard InChI is InChI=1S/C6H11N3O2/c1-3-11-5-4(10)8-6(7)9(5)2/h5H,3H2,1-2H3,(H2,7,8,10). The van der Waals surface area contributed by atoms with Gasteiger partial charge in [0.05, 0.1) is 0 Å². The number of nitrogens with zero attached hydrogens (tertiary/aromatic N) is 1. The fourth-order valence-electron chi connectivity index (χ4n) is 0.905. The topological polar surface area (TPSA) is 65.4 Å². The van der Waals surface area contributed by atoms with Crippen molar-refractivity contribution in [3.05, 3.63) is 0 Å². The number of amides is 1. The van der Waals surface area contributed by atoms with Gasteiger partial charge in [-0.15, -0.1) is 0 Å². The molecule has 1 unspecified atom stereocenters. The Morgan fingerprint density at radius 3 is 2.82 bits per heavy atom. The Balaban J connectivity index is 2.63. The molecule has 1 atom stereocenters. The Morgan fingerprint density at radius 1 is 1.82 bits per heavy atom. The first-order chi connectivity index (χ1) is 5.16. The highest BCUT2D eigenvalue weighted by atomic mass is 16.5. The van der Waals surface area contributed by atoms with Crippen molar-refractivity contribution in [3.8, 4) is 0 Å². The van der Waals surface area contributed by atoms with E-state index in [9.17, 15) is 4.79 Å². The van der Waals surface area contributed by atoms with Gasteiger partial charge in [0, 0.05) is 13.7 Å². The number of carbonyl (C=O) groups is 1. The minimum Gasteiger partial charge on any atom is -0.350 e. The van der Waals surface area contributed by atoms with E-state index in [4.69, 9.17) is 10.1 Å². The van der Waals surface area contributed by atoms with Crippen LogP contribution in [0.25, 0.3) is 0 Å². The minimum absolute atomic E-state index is 0.0912. The average Bonchev–Trinajstić information content (AvgIpc) is 2.17. The molecule has 0 aromatic rings. The molecule has 0 aromatic heterocycles. The fourth-order valence-corrected chi connectivity index (χ4v) is 0.905. The number of nitrogens with one attached hydrogen (secondary N) is 2. The Bertz CT molecular complexity index is 192. The van der Waals surface area contributed by atoms with E-state index in [2.05, 4.69) is 5.32 Å². The number of guanidine groups is 1. The molecule has 0 bridgehead atoms. The highest BCUT2D eigenvalue weighted by Gasteiger charge is 2.33. The van der Waals surface area contributed by atoms with Gasteiger partial charge in [0.15, 0.2) is 5.96 Å². The van der Waals surface area contributed by atoms with Gasteiger partial charge in [0.25, 0.3) is 5.91 Å². The molecule has 5 nitrogen and oxygen atoms in total. The largest absolute Gasteiger partial charge is 0.350 e. The smallest absolute Gasteiger partial charge is 0.276 e. The lowest BCUT2D eigenvalue weighted by Gasteiger charge is -2.16. The van der Waals surface area contributed by atoms with E-state index >= 15 is 0 Å². The van der Waals surface area contributed by atoms with E-state index < -0.39 is 6.23 Å². The lowest BCUT2D eigenvalue weighted by Crippen LogP contribution is -2.33. The summed E-state index contributed by atoms with van der Waals surface area (Å²) in [4.78, 5) is 12.4. The van der Waals surface area contributed by atoms with E-state index in [0.29, 0.717) is 6.61 Å². The van der Waals surface area contributed by atoms with Crippen LogP contribution < -0.4 is 5.32 Å². The van der Waals surface area contributed by atoms with Crippen LogP contribution in [0.1, 0.15) is 6.92 Å². The molecule has 0 radical (unpaired) electrons. The third-order valence-electron chi connectivity index (χ3n) is 1.49. The van der Waals surface area contributed by atoms with E-state index in [1.807, 2.05) is 6.92 Å². The molecule has 11 heavy (non-hydrogen) atoms. The molecule has 0 spiro atoms. The highest BCUT2D eigenvalue weighted by Crippen LogP contribution is 2.05. The first-order valence-corrected chi connectivity index (χ1v) is 3.40. The van der Waals surface area contributed by atoms with E-state index in [1.165, 1.54) is 4.90 Å². The number of likely N-dealkylation sites (N-methyl/N-ethyl adjacent to an activating group) is 1. The van der Waals surface area contributed by atoms with Crippen LogP contribution in [-0.4, -0.2) is 36.6 Å². The molecule has 0 aliphatic carbocycles. The summed E-state index contributed by atoms with van der Waals surface area (Å²) >= 11 is 0. The summed E-state index contributed by atoms with van der Waals surface area (Å²) in [7, 11) is 1.64. The molecule has 0 aromatic carbocycles. The van der Waals surface area contributed by atoms with Gasteiger partial charge < -0.3 is 9.64 Å². The molecule has 1 saturated heterocycles. The zero-order valence-corrected chi connectivity index (χ0v) is 6.55. The Kier molecular flexibility index (Phi) is 2.09. The van der Waals surface area contributed by atoms with Gasteiger partial charge in [0.2, 0.25) is 6.23 Å². The van der Waals surface area contributed by atoms with Gasteiger partial charge >= 0.3 is 0 Å². The maximum absolute atomic E-state index is 11.0. The van der Waals surface area contributed by atoms with Gasteiger partial charge in [-0.05, 0) is 6.92 Å². The minimum atomic E-state index is -0.618. The van der Waals surface area contributed by atoms with Crippen molar-refractivity contribution in [2.45, 2.75) is 13.2 Å². The highest BCUT2D eigenvalue weighted by molar-refractivity contribution is 6.04. The average molecular weight is 157 g/mol. The van der Waals surface area contributed by atoms with Crippen LogP contribution in [0.15, 0.2) is 0 Å². The summed E-state index contributed by atoms with van der Waals surface area (Å²) < 4.78 is 5.07. The molecular weight excluding hydrogens is 146 g/mol. The van der Waals surface area contributed by atoms with Gasteiger partial charge in [-0.1, -0.05) is 0 Å². The monoisotopic (exact) mass is 157 g/mol. The van der Waals surface area contributed by atoms with E-state index in [0.717, 1.165) is 0 Å². The maximum Gasteiger partial charge on any atom is 0.276 e. The molecule has 1 fully saturated rings. The number of ether oxygens (including phenoxy) is 1. The van der Waals surface area contributed by atoms with Gasteiger partial charge in [-0.25, -0.2) is 0 Å². The lowest BCUT2D eigenvalue weighted by atomic mass is 10.5.